The van der Waals surface area contributed by atoms with Gasteiger partial charge in [0, 0.05) is 17.4 Å². The number of aromatic nitrogens is 1. The maximum atomic E-state index is 11.1. The molecule has 0 saturated heterocycles. The minimum Gasteiger partial charge on any atom is -0.493 e. The van der Waals surface area contributed by atoms with Crippen molar-refractivity contribution in [2.75, 3.05) is 6.61 Å². The SMILES string of the molecule is CC(=O)Cc1nc(-c2ccc3c(c2)CCO3)cs1. The Kier molecular flexibility index (Phi) is 2.88. The van der Waals surface area contributed by atoms with Gasteiger partial charge >= 0.3 is 0 Å². The molecule has 1 aliphatic rings. The van der Waals surface area contributed by atoms with Crippen LogP contribution in [0.5, 0.6) is 5.75 Å². The van der Waals surface area contributed by atoms with E-state index in [0.717, 1.165) is 35.0 Å². The first-order chi connectivity index (χ1) is 8.72. The van der Waals surface area contributed by atoms with Gasteiger partial charge in [-0.3, -0.25) is 4.79 Å². The Hall–Kier alpha value is -1.68. The highest BCUT2D eigenvalue weighted by Gasteiger charge is 2.14. The van der Waals surface area contributed by atoms with Crippen LogP contribution in [0.1, 0.15) is 17.5 Å². The molecule has 2 heterocycles. The average molecular weight is 259 g/mol. The standard InChI is InChI=1S/C14H13NO2S/c1-9(16)6-14-15-12(8-18-14)10-2-3-13-11(7-10)4-5-17-13/h2-3,7-8H,4-6H2,1H3. The number of carbonyl (C=O) groups excluding carboxylic acids is 1. The first-order valence-corrected chi connectivity index (χ1v) is 6.80. The summed E-state index contributed by atoms with van der Waals surface area (Å²) >= 11 is 1.54. The largest absolute Gasteiger partial charge is 0.493 e. The van der Waals surface area contributed by atoms with E-state index in [2.05, 4.69) is 11.1 Å². The smallest absolute Gasteiger partial charge is 0.136 e. The van der Waals surface area contributed by atoms with Crippen LogP contribution in [0.3, 0.4) is 0 Å². The summed E-state index contributed by atoms with van der Waals surface area (Å²) in [7, 11) is 0. The van der Waals surface area contributed by atoms with Crippen LogP contribution in [0.2, 0.25) is 0 Å². The van der Waals surface area contributed by atoms with Gasteiger partial charge in [-0.1, -0.05) is 0 Å². The molecule has 0 N–H and O–H groups in total. The fraction of sp³-hybridized carbons (Fsp3) is 0.286. The predicted octanol–water partition coefficient (Wildman–Crippen LogP) is 2.88. The Morgan fingerprint density at radius 2 is 2.39 bits per heavy atom. The number of ketones is 1. The van der Waals surface area contributed by atoms with Gasteiger partial charge in [-0.15, -0.1) is 11.3 Å². The molecular formula is C14H13NO2S. The number of hydrogen-bond acceptors (Lipinski definition) is 4. The topological polar surface area (TPSA) is 39.2 Å². The van der Waals surface area contributed by atoms with Crippen molar-refractivity contribution in [3.8, 4) is 17.0 Å². The number of rotatable bonds is 3. The van der Waals surface area contributed by atoms with Gasteiger partial charge in [0.05, 0.1) is 18.7 Å². The van der Waals surface area contributed by atoms with E-state index in [-0.39, 0.29) is 5.78 Å². The monoisotopic (exact) mass is 259 g/mol. The van der Waals surface area contributed by atoms with E-state index < -0.39 is 0 Å². The van der Waals surface area contributed by atoms with Crippen molar-refractivity contribution in [2.24, 2.45) is 0 Å². The van der Waals surface area contributed by atoms with Crippen molar-refractivity contribution in [3.05, 3.63) is 34.2 Å². The van der Waals surface area contributed by atoms with Crippen LogP contribution in [-0.2, 0) is 17.6 Å². The van der Waals surface area contributed by atoms with Crippen molar-refractivity contribution < 1.29 is 9.53 Å². The van der Waals surface area contributed by atoms with Crippen LogP contribution in [0, 0.1) is 0 Å². The second-order valence-corrected chi connectivity index (χ2v) is 5.37. The number of carbonyl (C=O) groups is 1. The number of nitrogens with zero attached hydrogens (tertiary/aromatic N) is 1. The molecule has 3 rings (SSSR count). The molecule has 3 nitrogen and oxygen atoms in total. The Labute approximate surface area is 109 Å². The average Bonchev–Trinajstić information content (AvgIpc) is 2.95. The summed E-state index contributed by atoms with van der Waals surface area (Å²) in [5, 5.41) is 2.89. The highest BCUT2D eigenvalue weighted by molar-refractivity contribution is 7.10. The first-order valence-electron chi connectivity index (χ1n) is 5.92. The summed E-state index contributed by atoms with van der Waals surface area (Å²) in [6.07, 6.45) is 1.40. The fourth-order valence-corrected chi connectivity index (χ4v) is 2.96. The van der Waals surface area contributed by atoms with Crippen LogP contribution in [-0.4, -0.2) is 17.4 Å². The summed E-state index contributed by atoms with van der Waals surface area (Å²) in [5.74, 6) is 1.14. The van der Waals surface area contributed by atoms with E-state index in [1.54, 1.807) is 18.3 Å². The zero-order valence-electron chi connectivity index (χ0n) is 10.1. The Balaban J connectivity index is 1.90. The molecule has 0 amide bonds. The Bertz CT molecular complexity index is 604. The summed E-state index contributed by atoms with van der Waals surface area (Å²) in [4.78, 5) is 15.6. The van der Waals surface area contributed by atoms with Crippen LogP contribution in [0.25, 0.3) is 11.3 Å². The molecule has 0 aliphatic carbocycles. The lowest BCUT2D eigenvalue weighted by atomic mass is 10.1. The zero-order chi connectivity index (χ0) is 12.5. The van der Waals surface area contributed by atoms with E-state index in [9.17, 15) is 4.79 Å². The maximum Gasteiger partial charge on any atom is 0.136 e. The quantitative estimate of drug-likeness (QED) is 0.850. The molecule has 0 atom stereocenters. The maximum absolute atomic E-state index is 11.1. The molecule has 0 saturated carbocycles. The highest BCUT2D eigenvalue weighted by Crippen LogP contribution is 2.31. The zero-order valence-corrected chi connectivity index (χ0v) is 10.9. The second kappa shape index (κ2) is 4.53. The number of Topliss-reactive ketones (excluding diaryl/α,β-unsaturated/α-hetero) is 1. The first kappa shape index (κ1) is 11.4. The lowest BCUT2D eigenvalue weighted by molar-refractivity contribution is -0.116. The molecule has 1 aromatic carbocycles. The van der Waals surface area contributed by atoms with Gasteiger partial charge in [0.25, 0.3) is 0 Å². The van der Waals surface area contributed by atoms with E-state index in [1.807, 2.05) is 17.5 Å². The molecule has 1 aliphatic heterocycles. The number of benzene rings is 1. The predicted molar refractivity (Wildman–Crippen MR) is 71.1 cm³/mol. The Morgan fingerprint density at radius 1 is 1.50 bits per heavy atom. The third kappa shape index (κ3) is 2.16. The van der Waals surface area contributed by atoms with Crippen LogP contribution < -0.4 is 4.74 Å². The molecule has 0 radical (unpaired) electrons. The third-order valence-corrected chi connectivity index (χ3v) is 3.79. The molecule has 0 unspecified atom stereocenters. The lowest BCUT2D eigenvalue weighted by Crippen LogP contribution is -1.95. The number of thiazole rings is 1. The molecule has 18 heavy (non-hydrogen) atoms. The minimum atomic E-state index is 0.151. The van der Waals surface area contributed by atoms with Crippen molar-refractivity contribution in [1.29, 1.82) is 0 Å². The van der Waals surface area contributed by atoms with E-state index in [0.29, 0.717) is 6.42 Å². The van der Waals surface area contributed by atoms with Gasteiger partial charge in [-0.05, 0) is 30.7 Å². The van der Waals surface area contributed by atoms with E-state index >= 15 is 0 Å². The molecule has 4 heteroatoms. The molecule has 2 aromatic rings. The summed E-state index contributed by atoms with van der Waals surface area (Å²) < 4.78 is 5.48. The third-order valence-electron chi connectivity index (χ3n) is 2.94. The van der Waals surface area contributed by atoms with Gasteiger partial charge in [0.1, 0.15) is 16.5 Å². The normalized spacial score (nSPS) is 13.2. The fourth-order valence-electron chi connectivity index (χ4n) is 2.08. The molecule has 1 aromatic heterocycles. The van der Waals surface area contributed by atoms with Gasteiger partial charge in [-0.25, -0.2) is 4.98 Å². The number of fused-ring (bicyclic) bond motifs is 1. The van der Waals surface area contributed by atoms with Crippen molar-refractivity contribution in [1.82, 2.24) is 4.98 Å². The van der Waals surface area contributed by atoms with Crippen molar-refractivity contribution in [3.63, 3.8) is 0 Å². The van der Waals surface area contributed by atoms with Crippen molar-refractivity contribution >= 4 is 17.1 Å². The van der Waals surface area contributed by atoms with Crippen LogP contribution >= 0.6 is 11.3 Å². The molecular weight excluding hydrogens is 246 g/mol. The minimum absolute atomic E-state index is 0.151. The summed E-state index contributed by atoms with van der Waals surface area (Å²) in [6, 6.07) is 6.16. The molecule has 0 bridgehead atoms. The van der Waals surface area contributed by atoms with Crippen molar-refractivity contribution in [2.45, 2.75) is 19.8 Å². The van der Waals surface area contributed by atoms with Crippen LogP contribution in [0.15, 0.2) is 23.6 Å². The molecule has 92 valence electrons. The van der Waals surface area contributed by atoms with Gasteiger partial charge in [0.15, 0.2) is 0 Å². The van der Waals surface area contributed by atoms with E-state index in [1.165, 1.54) is 5.56 Å². The number of ether oxygens (including phenoxy) is 1. The number of hydrogen-bond donors (Lipinski definition) is 0. The van der Waals surface area contributed by atoms with Gasteiger partial charge in [0.2, 0.25) is 0 Å². The second-order valence-electron chi connectivity index (χ2n) is 4.43. The highest BCUT2D eigenvalue weighted by atomic mass is 32.1. The summed E-state index contributed by atoms with van der Waals surface area (Å²) in [6.45, 7) is 2.36. The lowest BCUT2D eigenvalue weighted by Gasteiger charge is -2.01. The van der Waals surface area contributed by atoms with Crippen LogP contribution in [0.4, 0.5) is 0 Å². The van der Waals surface area contributed by atoms with Gasteiger partial charge < -0.3 is 4.74 Å². The molecule has 0 fully saturated rings. The Morgan fingerprint density at radius 3 is 3.22 bits per heavy atom. The van der Waals surface area contributed by atoms with E-state index in [4.69, 9.17) is 4.74 Å². The summed E-state index contributed by atoms with van der Waals surface area (Å²) in [5.41, 5.74) is 3.30. The van der Waals surface area contributed by atoms with Gasteiger partial charge in [-0.2, -0.15) is 0 Å². The molecule has 0 spiro atoms.